The highest BCUT2D eigenvalue weighted by Crippen LogP contribution is 2.28. The van der Waals surface area contributed by atoms with Gasteiger partial charge in [-0.1, -0.05) is 6.92 Å². The van der Waals surface area contributed by atoms with Gasteiger partial charge >= 0.3 is 0 Å². The quantitative estimate of drug-likeness (QED) is 0.932. The summed E-state index contributed by atoms with van der Waals surface area (Å²) >= 11 is 3.31. The molecule has 0 saturated carbocycles. The molecule has 2 rings (SSSR count). The van der Waals surface area contributed by atoms with Crippen molar-refractivity contribution < 1.29 is 9.53 Å². The Bertz CT molecular complexity index is 431. The predicted octanol–water partition coefficient (Wildman–Crippen LogP) is 2.39. The average molecular weight is 313 g/mol. The highest BCUT2D eigenvalue weighted by Gasteiger charge is 2.27. The largest absolute Gasteiger partial charge is 0.381 e. The minimum Gasteiger partial charge on any atom is -0.381 e. The Morgan fingerprint density at radius 2 is 2.22 bits per heavy atom. The van der Waals surface area contributed by atoms with E-state index in [0.717, 1.165) is 30.5 Å². The number of ether oxygens (including phenoxy) is 1. The fourth-order valence-electron chi connectivity index (χ4n) is 1.97. The Morgan fingerprint density at radius 1 is 1.50 bits per heavy atom. The molecule has 0 unspecified atom stereocenters. The molecule has 18 heavy (non-hydrogen) atoms. The minimum absolute atomic E-state index is 0.0727. The Balaban J connectivity index is 1.92. The molecule has 2 heterocycles. The molecule has 1 aromatic heterocycles. The van der Waals surface area contributed by atoms with E-state index in [4.69, 9.17) is 4.74 Å². The molecule has 0 aliphatic carbocycles. The summed E-state index contributed by atoms with van der Waals surface area (Å²) in [6.45, 7) is 4.44. The first-order valence-electron chi connectivity index (χ1n) is 6.06. The molecule has 0 spiro atoms. The number of amides is 1. The third-order valence-corrected chi connectivity index (χ3v) is 3.78. The van der Waals surface area contributed by atoms with E-state index >= 15 is 0 Å². The third-order valence-electron chi connectivity index (χ3n) is 3.34. The highest BCUT2D eigenvalue weighted by atomic mass is 79.9. The molecule has 0 atom stereocenters. The molecule has 1 N–H and O–H groups in total. The highest BCUT2D eigenvalue weighted by molar-refractivity contribution is 9.10. The maximum atomic E-state index is 12.0. The van der Waals surface area contributed by atoms with Crippen molar-refractivity contribution in [1.82, 2.24) is 10.3 Å². The van der Waals surface area contributed by atoms with E-state index in [1.54, 1.807) is 18.5 Å². The molecular weight excluding hydrogens is 296 g/mol. The maximum Gasteiger partial charge on any atom is 0.252 e. The first kappa shape index (κ1) is 13.5. The van der Waals surface area contributed by atoms with Crippen molar-refractivity contribution in [2.75, 3.05) is 19.8 Å². The topological polar surface area (TPSA) is 51.2 Å². The van der Waals surface area contributed by atoms with Gasteiger partial charge in [-0.15, -0.1) is 0 Å². The van der Waals surface area contributed by atoms with E-state index in [-0.39, 0.29) is 11.3 Å². The Morgan fingerprint density at radius 3 is 2.89 bits per heavy atom. The van der Waals surface area contributed by atoms with Crippen LogP contribution in [0, 0.1) is 5.41 Å². The zero-order chi connectivity index (χ0) is 13.0. The Hall–Kier alpha value is -0.940. The van der Waals surface area contributed by atoms with E-state index in [9.17, 15) is 4.79 Å². The van der Waals surface area contributed by atoms with Gasteiger partial charge in [-0.3, -0.25) is 9.78 Å². The van der Waals surface area contributed by atoms with Crippen LogP contribution >= 0.6 is 15.9 Å². The molecular formula is C13H17BrN2O2. The number of pyridine rings is 1. The lowest BCUT2D eigenvalue weighted by Crippen LogP contribution is -2.39. The number of halogens is 1. The van der Waals surface area contributed by atoms with E-state index in [1.807, 2.05) is 0 Å². The fourth-order valence-corrected chi connectivity index (χ4v) is 2.34. The van der Waals surface area contributed by atoms with Gasteiger partial charge in [0.2, 0.25) is 0 Å². The summed E-state index contributed by atoms with van der Waals surface area (Å²) in [7, 11) is 0. The Labute approximate surface area is 115 Å². The first-order chi connectivity index (χ1) is 8.59. The van der Waals surface area contributed by atoms with E-state index in [2.05, 4.69) is 33.2 Å². The second-order valence-electron chi connectivity index (χ2n) is 5.00. The second kappa shape index (κ2) is 5.80. The van der Waals surface area contributed by atoms with Crippen molar-refractivity contribution in [3.05, 3.63) is 28.5 Å². The lowest BCUT2D eigenvalue weighted by Gasteiger charge is -2.33. The lowest BCUT2D eigenvalue weighted by molar-refractivity contribution is 0.0238. The predicted molar refractivity (Wildman–Crippen MR) is 72.4 cm³/mol. The summed E-state index contributed by atoms with van der Waals surface area (Å²) in [4.78, 5) is 16.0. The van der Waals surface area contributed by atoms with Crippen molar-refractivity contribution in [2.45, 2.75) is 19.8 Å². The van der Waals surface area contributed by atoms with Gasteiger partial charge in [0.15, 0.2) is 0 Å². The van der Waals surface area contributed by atoms with Gasteiger partial charge in [0, 0.05) is 36.6 Å². The minimum atomic E-state index is -0.0727. The summed E-state index contributed by atoms with van der Waals surface area (Å²) in [6.07, 6.45) is 5.22. The van der Waals surface area contributed by atoms with Gasteiger partial charge in [-0.25, -0.2) is 0 Å². The van der Waals surface area contributed by atoms with E-state index < -0.39 is 0 Å². The molecule has 5 heteroatoms. The van der Waals surface area contributed by atoms with Gasteiger partial charge in [-0.05, 0) is 40.3 Å². The van der Waals surface area contributed by atoms with Crippen LogP contribution in [-0.2, 0) is 4.74 Å². The molecule has 1 aliphatic heterocycles. The molecule has 98 valence electrons. The van der Waals surface area contributed by atoms with Gasteiger partial charge in [0.1, 0.15) is 0 Å². The normalized spacial score (nSPS) is 18.3. The summed E-state index contributed by atoms with van der Waals surface area (Å²) in [6, 6.07) is 1.77. The molecule has 1 saturated heterocycles. The first-order valence-corrected chi connectivity index (χ1v) is 6.85. The van der Waals surface area contributed by atoms with E-state index in [0.29, 0.717) is 12.1 Å². The van der Waals surface area contributed by atoms with E-state index in [1.165, 1.54) is 0 Å². The van der Waals surface area contributed by atoms with Crippen LogP contribution in [0.3, 0.4) is 0 Å². The summed E-state index contributed by atoms with van der Waals surface area (Å²) in [5, 5.41) is 2.98. The fraction of sp³-hybridized carbons (Fsp3) is 0.538. The average Bonchev–Trinajstić information content (AvgIpc) is 2.37. The summed E-state index contributed by atoms with van der Waals surface area (Å²) in [5.74, 6) is -0.0727. The molecule has 1 amide bonds. The van der Waals surface area contributed by atoms with Crippen LogP contribution in [0.1, 0.15) is 30.1 Å². The SMILES string of the molecule is CC1(CNC(=O)c2cncc(Br)c2)CCOCC1. The van der Waals surface area contributed by atoms with Crippen molar-refractivity contribution in [3.8, 4) is 0 Å². The summed E-state index contributed by atoms with van der Waals surface area (Å²) in [5.41, 5.74) is 0.730. The number of carbonyl (C=O) groups is 1. The van der Waals surface area contributed by atoms with Gasteiger partial charge in [-0.2, -0.15) is 0 Å². The van der Waals surface area contributed by atoms with Crippen molar-refractivity contribution >= 4 is 21.8 Å². The number of carbonyl (C=O) groups excluding carboxylic acids is 1. The van der Waals surface area contributed by atoms with Gasteiger partial charge in [0.05, 0.1) is 5.56 Å². The zero-order valence-electron chi connectivity index (χ0n) is 10.4. The molecule has 4 nitrogen and oxygen atoms in total. The zero-order valence-corrected chi connectivity index (χ0v) is 12.0. The van der Waals surface area contributed by atoms with Crippen LogP contribution in [0.2, 0.25) is 0 Å². The number of rotatable bonds is 3. The molecule has 1 fully saturated rings. The van der Waals surface area contributed by atoms with Crippen LogP contribution in [0.25, 0.3) is 0 Å². The Kier molecular flexibility index (Phi) is 4.35. The van der Waals surface area contributed by atoms with Crippen molar-refractivity contribution in [3.63, 3.8) is 0 Å². The number of aromatic nitrogens is 1. The van der Waals surface area contributed by atoms with Crippen LogP contribution in [0.4, 0.5) is 0 Å². The third kappa shape index (κ3) is 3.53. The van der Waals surface area contributed by atoms with Gasteiger partial charge in [0.25, 0.3) is 5.91 Å². The molecule has 1 aromatic rings. The van der Waals surface area contributed by atoms with Crippen LogP contribution in [-0.4, -0.2) is 30.6 Å². The van der Waals surface area contributed by atoms with Crippen LogP contribution in [0.5, 0.6) is 0 Å². The van der Waals surface area contributed by atoms with Crippen LogP contribution < -0.4 is 5.32 Å². The number of nitrogens with one attached hydrogen (secondary N) is 1. The number of hydrogen-bond donors (Lipinski definition) is 1. The number of nitrogens with zero attached hydrogens (tertiary/aromatic N) is 1. The maximum absolute atomic E-state index is 12.0. The number of hydrogen-bond acceptors (Lipinski definition) is 3. The van der Waals surface area contributed by atoms with Crippen molar-refractivity contribution in [2.24, 2.45) is 5.41 Å². The molecule has 0 bridgehead atoms. The van der Waals surface area contributed by atoms with Crippen molar-refractivity contribution in [1.29, 1.82) is 0 Å². The molecule has 1 aliphatic rings. The second-order valence-corrected chi connectivity index (χ2v) is 5.91. The monoisotopic (exact) mass is 312 g/mol. The molecule has 0 aromatic carbocycles. The molecule has 0 radical (unpaired) electrons. The standard InChI is InChI=1S/C13H17BrN2O2/c1-13(2-4-18-5-3-13)9-16-12(17)10-6-11(14)8-15-7-10/h6-8H,2-5,9H2,1H3,(H,16,17). The lowest BCUT2D eigenvalue weighted by atomic mass is 9.82. The van der Waals surface area contributed by atoms with Crippen LogP contribution in [0.15, 0.2) is 22.9 Å². The van der Waals surface area contributed by atoms with Gasteiger partial charge < -0.3 is 10.1 Å². The smallest absolute Gasteiger partial charge is 0.252 e. The summed E-state index contributed by atoms with van der Waals surface area (Å²) < 4.78 is 6.16.